The lowest BCUT2D eigenvalue weighted by Gasteiger charge is -2.07. The molecule has 0 aliphatic carbocycles. The zero-order valence-corrected chi connectivity index (χ0v) is 9.57. The van der Waals surface area contributed by atoms with E-state index in [9.17, 15) is 4.79 Å². The zero-order chi connectivity index (χ0) is 11.4. The first-order valence-electron chi connectivity index (χ1n) is 4.95. The maximum atomic E-state index is 11.2. The lowest BCUT2D eigenvalue weighted by molar-refractivity contribution is 0.101. The zero-order valence-electron chi connectivity index (χ0n) is 9.57. The fourth-order valence-corrected chi connectivity index (χ4v) is 1.21. The second kappa shape index (κ2) is 4.87. The summed E-state index contributed by atoms with van der Waals surface area (Å²) in [6, 6.07) is 1.56. The summed E-state index contributed by atoms with van der Waals surface area (Å²) in [4.78, 5) is 19.6. The fourth-order valence-electron chi connectivity index (χ4n) is 1.21. The Hall–Kier alpha value is -1.45. The van der Waals surface area contributed by atoms with Crippen LogP contribution in [0.2, 0.25) is 0 Å². The normalized spacial score (nSPS) is 10.5. The van der Waals surface area contributed by atoms with Gasteiger partial charge in [0.1, 0.15) is 11.5 Å². The van der Waals surface area contributed by atoms with Crippen molar-refractivity contribution in [2.24, 2.45) is 5.92 Å². The van der Waals surface area contributed by atoms with Crippen molar-refractivity contribution in [3.05, 3.63) is 17.6 Å². The van der Waals surface area contributed by atoms with Gasteiger partial charge in [-0.15, -0.1) is 0 Å². The van der Waals surface area contributed by atoms with E-state index in [0.717, 1.165) is 6.42 Å². The molecule has 0 aliphatic rings. The summed E-state index contributed by atoms with van der Waals surface area (Å²) < 4.78 is 5.02. The van der Waals surface area contributed by atoms with Gasteiger partial charge in [0.15, 0.2) is 5.78 Å². The highest BCUT2D eigenvalue weighted by atomic mass is 16.5. The number of ether oxygens (including phenoxy) is 1. The van der Waals surface area contributed by atoms with Gasteiger partial charge >= 0.3 is 0 Å². The molecule has 1 rings (SSSR count). The van der Waals surface area contributed by atoms with Gasteiger partial charge in [-0.25, -0.2) is 4.98 Å². The number of methoxy groups -OCH3 is 1. The number of nitrogens with zero attached hydrogens (tertiary/aromatic N) is 2. The molecule has 0 fully saturated rings. The van der Waals surface area contributed by atoms with Crippen molar-refractivity contribution in [3.8, 4) is 5.88 Å². The van der Waals surface area contributed by atoms with Crippen molar-refractivity contribution in [2.75, 3.05) is 7.11 Å². The van der Waals surface area contributed by atoms with E-state index in [4.69, 9.17) is 4.74 Å². The van der Waals surface area contributed by atoms with E-state index in [0.29, 0.717) is 23.3 Å². The largest absolute Gasteiger partial charge is 0.481 e. The van der Waals surface area contributed by atoms with E-state index in [1.165, 1.54) is 14.0 Å². The molecule has 0 atom stereocenters. The average Bonchev–Trinajstić information content (AvgIpc) is 2.16. The van der Waals surface area contributed by atoms with Gasteiger partial charge in [-0.05, 0) is 5.92 Å². The number of hydrogen-bond acceptors (Lipinski definition) is 4. The molecule has 15 heavy (non-hydrogen) atoms. The summed E-state index contributed by atoms with van der Waals surface area (Å²) >= 11 is 0. The fraction of sp³-hybridized carbons (Fsp3) is 0.545. The predicted octanol–water partition coefficient (Wildman–Crippen LogP) is 1.89. The molecule has 0 radical (unpaired) electrons. The van der Waals surface area contributed by atoms with Gasteiger partial charge in [-0.2, -0.15) is 4.98 Å². The van der Waals surface area contributed by atoms with Crippen molar-refractivity contribution in [1.82, 2.24) is 9.97 Å². The highest BCUT2D eigenvalue weighted by Crippen LogP contribution is 2.12. The Morgan fingerprint density at radius 1 is 1.47 bits per heavy atom. The molecule has 0 N–H and O–H groups in total. The monoisotopic (exact) mass is 208 g/mol. The van der Waals surface area contributed by atoms with Crippen LogP contribution in [0.3, 0.4) is 0 Å². The Morgan fingerprint density at radius 3 is 2.60 bits per heavy atom. The molecule has 1 aromatic heterocycles. The Bertz CT molecular complexity index is 362. The second-order valence-electron chi connectivity index (χ2n) is 3.87. The van der Waals surface area contributed by atoms with Crippen LogP contribution in [0.1, 0.15) is 37.1 Å². The molecule has 0 saturated heterocycles. The number of Topliss-reactive ketones (excluding diaryl/α,β-unsaturated/α-hetero) is 1. The number of aromatic nitrogens is 2. The molecule has 0 amide bonds. The van der Waals surface area contributed by atoms with Gasteiger partial charge in [0.2, 0.25) is 5.88 Å². The lowest BCUT2D eigenvalue weighted by atomic mass is 10.1. The van der Waals surface area contributed by atoms with Crippen LogP contribution in [0.5, 0.6) is 5.88 Å². The van der Waals surface area contributed by atoms with E-state index < -0.39 is 0 Å². The van der Waals surface area contributed by atoms with Crippen molar-refractivity contribution in [2.45, 2.75) is 27.2 Å². The van der Waals surface area contributed by atoms with E-state index in [1.807, 2.05) is 0 Å². The Kier molecular flexibility index (Phi) is 3.77. The smallest absolute Gasteiger partial charge is 0.217 e. The molecular formula is C11H16N2O2. The molecule has 0 saturated carbocycles. The average molecular weight is 208 g/mol. The maximum absolute atomic E-state index is 11.2. The van der Waals surface area contributed by atoms with E-state index in [2.05, 4.69) is 23.8 Å². The van der Waals surface area contributed by atoms with Crippen molar-refractivity contribution in [3.63, 3.8) is 0 Å². The van der Waals surface area contributed by atoms with E-state index >= 15 is 0 Å². The SMILES string of the molecule is COc1cc(C(C)=O)nc(CC(C)C)n1. The van der Waals surface area contributed by atoms with Crippen molar-refractivity contribution < 1.29 is 9.53 Å². The molecule has 1 aromatic rings. The minimum absolute atomic E-state index is 0.0688. The van der Waals surface area contributed by atoms with Crippen LogP contribution in [0.4, 0.5) is 0 Å². The highest BCUT2D eigenvalue weighted by Gasteiger charge is 2.09. The number of ketones is 1. The van der Waals surface area contributed by atoms with Gasteiger partial charge in [-0.1, -0.05) is 13.8 Å². The van der Waals surface area contributed by atoms with E-state index in [-0.39, 0.29) is 5.78 Å². The van der Waals surface area contributed by atoms with Crippen LogP contribution >= 0.6 is 0 Å². The van der Waals surface area contributed by atoms with Crippen LogP contribution in [0, 0.1) is 5.92 Å². The topological polar surface area (TPSA) is 52.1 Å². The first-order valence-corrected chi connectivity index (χ1v) is 4.95. The molecule has 4 nitrogen and oxygen atoms in total. The van der Waals surface area contributed by atoms with E-state index in [1.54, 1.807) is 6.07 Å². The first-order chi connectivity index (χ1) is 7.02. The summed E-state index contributed by atoms with van der Waals surface area (Å²) in [6.07, 6.45) is 0.747. The van der Waals surface area contributed by atoms with Gasteiger partial charge in [0.05, 0.1) is 7.11 Å². The number of hydrogen-bond donors (Lipinski definition) is 0. The molecule has 0 aromatic carbocycles. The minimum atomic E-state index is -0.0688. The second-order valence-corrected chi connectivity index (χ2v) is 3.87. The van der Waals surface area contributed by atoms with Gasteiger partial charge in [0, 0.05) is 19.4 Å². The third-order valence-electron chi connectivity index (χ3n) is 1.91. The van der Waals surface area contributed by atoms with Gasteiger partial charge in [0.25, 0.3) is 0 Å². The minimum Gasteiger partial charge on any atom is -0.481 e. The standard InChI is InChI=1S/C11H16N2O2/c1-7(2)5-10-12-9(8(3)14)6-11(13-10)15-4/h6-7H,5H2,1-4H3. The Morgan fingerprint density at radius 2 is 2.13 bits per heavy atom. The van der Waals surface area contributed by atoms with Gasteiger partial charge < -0.3 is 4.74 Å². The van der Waals surface area contributed by atoms with Crippen molar-refractivity contribution in [1.29, 1.82) is 0 Å². The van der Waals surface area contributed by atoms with Gasteiger partial charge in [-0.3, -0.25) is 4.79 Å². The molecule has 0 bridgehead atoms. The molecule has 0 unspecified atom stereocenters. The molecule has 82 valence electrons. The maximum Gasteiger partial charge on any atom is 0.217 e. The summed E-state index contributed by atoms with van der Waals surface area (Å²) in [5.41, 5.74) is 0.414. The Labute approximate surface area is 89.7 Å². The van der Waals surface area contributed by atoms with Crippen LogP contribution in [0.15, 0.2) is 6.07 Å². The molecular weight excluding hydrogens is 192 g/mol. The molecule has 4 heteroatoms. The highest BCUT2D eigenvalue weighted by molar-refractivity contribution is 5.92. The third-order valence-corrected chi connectivity index (χ3v) is 1.91. The summed E-state index contributed by atoms with van der Waals surface area (Å²) in [7, 11) is 1.53. The molecule has 0 spiro atoms. The molecule has 1 heterocycles. The summed E-state index contributed by atoms with van der Waals surface area (Å²) in [6.45, 7) is 5.65. The van der Waals surface area contributed by atoms with Crippen LogP contribution < -0.4 is 4.74 Å². The van der Waals surface area contributed by atoms with Crippen LogP contribution in [0.25, 0.3) is 0 Å². The molecule has 0 aliphatic heterocycles. The lowest BCUT2D eigenvalue weighted by Crippen LogP contribution is -2.07. The summed E-state index contributed by atoms with van der Waals surface area (Å²) in [5, 5.41) is 0. The number of carbonyl (C=O) groups excluding carboxylic acids is 1. The van der Waals surface area contributed by atoms with Crippen LogP contribution in [-0.4, -0.2) is 22.9 Å². The quantitative estimate of drug-likeness (QED) is 0.709. The number of rotatable bonds is 4. The Balaban J connectivity index is 3.05. The number of carbonyl (C=O) groups is 1. The van der Waals surface area contributed by atoms with Crippen molar-refractivity contribution >= 4 is 5.78 Å². The predicted molar refractivity (Wildman–Crippen MR) is 57.1 cm³/mol. The summed E-state index contributed by atoms with van der Waals surface area (Å²) in [5.74, 6) is 1.50. The van der Waals surface area contributed by atoms with Crippen LogP contribution in [-0.2, 0) is 6.42 Å². The third kappa shape index (κ3) is 3.31. The first kappa shape index (κ1) is 11.6.